The lowest BCUT2D eigenvalue weighted by Crippen LogP contribution is -2.33. The predicted molar refractivity (Wildman–Crippen MR) is 112 cm³/mol. The maximum absolute atomic E-state index is 14.9. The Kier molecular flexibility index (Phi) is 5.90. The minimum atomic E-state index is -4.91. The number of ether oxygens (including phenoxy) is 2. The second-order valence-electron chi connectivity index (χ2n) is 7.53. The van der Waals surface area contributed by atoms with Crippen LogP contribution in [-0.4, -0.2) is 43.5 Å². The van der Waals surface area contributed by atoms with Crippen LogP contribution in [0.25, 0.3) is 11.6 Å². The first-order chi connectivity index (χ1) is 16.0. The van der Waals surface area contributed by atoms with E-state index in [1.807, 2.05) is 0 Å². The largest absolute Gasteiger partial charge is 0.573 e. The third kappa shape index (κ3) is 4.95. The molecule has 178 valence electrons. The maximum Gasteiger partial charge on any atom is 0.573 e. The van der Waals surface area contributed by atoms with Crippen LogP contribution in [0.3, 0.4) is 0 Å². The number of alkyl halides is 3. The van der Waals surface area contributed by atoms with E-state index in [1.165, 1.54) is 36.1 Å². The number of benzene rings is 2. The number of amides is 3. The molecule has 1 atom stereocenters. The van der Waals surface area contributed by atoms with Gasteiger partial charge in [-0.15, -0.1) is 13.2 Å². The second kappa shape index (κ2) is 8.69. The molecule has 12 heteroatoms. The normalized spacial score (nSPS) is 18.6. The lowest BCUT2D eigenvalue weighted by atomic mass is 10.0. The van der Waals surface area contributed by atoms with Crippen molar-refractivity contribution in [3.8, 4) is 5.75 Å². The Hall–Kier alpha value is -4.09. The van der Waals surface area contributed by atoms with Crippen LogP contribution in [0.2, 0.25) is 0 Å². The van der Waals surface area contributed by atoms with Crippen LogP contribution in [0.1, 0.15) is 18.1 Å². The Labute approximate surface area is 190 Å². The number of carbonyl (C=O) groups excluding carboxylic acids is 3. The number of anilines is 2. The van der Waals surface area contributed by atoms with E-state index < -0.39 is 36.0 Å². The van der Waals surface area contributed by atoms with Gasteiger partial charge in [0.15, 0.2) is 0 Å². The minimum absolute atomic E-state index is 0.0220. The van der Waals surface area contributed by atoms with Gasteiger partial charge < -0.3 is 20.1 Å². The fourth-order valence-electron chi connectivity index (χ4n) is 3.56. The molecule has 0 aromatic heterocycles. The van der Waals surface area contributed by atoms with Gasteiger partial charge in [0.1, 0.15) is 17.7 Å². The molecular formula is C22H17F4N3O5. The van der Waals surface area contributed by atoms with Gasteiger partial charge in [-0.3, -0.25) is 14.5 Å². The fourth-order valence-corrected chi connectivity index (χ4v) is 3.56. The zero-order valence-electron chi connectivity index (χ0n) is 17.5. The number of halogens is 4. The number of hydrogen-bond acceptors (Lipinski definition) is 5. The Morgan fingerprint density at radius 2 is 2.03 bits per heavy atom. The fraction of sp³-hybridized carbons (Fsp3) is 0.227. The van der Waals surface area contributed by atoms with Crippen LogP contribution in [0.4, 0.5) is 33.7 Å². The molecule has 0 spiro atoms. The molecule has 0 aliphatic carbocycles. The molecule has 2 N–H and O–H groups in total. The molecule has 0 unspecified atom stereocenters. The van der Waals surface area contributed by atoms with Gasteiger partial charge in [-0.25, -0.2) is 9.18 Å². The molecule has 2 aliphatic rings. The van der Waals surface area contributed by atoms with Crippen LogP contribution in [-0.2, 0) is 14.3 Å². The van der Waals surface area contributed by atoms with Gasteiger partial charge in [0.05, 0.1) is 18.8 Å². The van der Waals surface area contributed by atoms with Crippen molar-refractivity contribution in [1.29, 1.82) is 0 Å². The summed E-state index contributed by atoms with van der Waals surface area (Å²) in [6.07, 6.45) is -5.02. The highest BCUT2D eigenvalue weighted by molar-refractivity contribution is 6.35. The van der Waals surface area contributed by atoms with Crippen LogP contribution < -0.4 is 20.3 Å². The van der Waals surface area contributed by atoms with E-state index in [0.29, 0.717) is 0 Å². The lowest BCUT2D eigenvalue weighted by Gasteiger charge is -2.14. The van der Waals surface area contributed by atoms with Crippen molar-refractivity contribution in [2.75, 3.05) is 23.3 Å². The average Bonchev–Trinajstić information content (AvgIpc) is 3.26. The summed E-state index contributed by atoms with van der Waals surface area (Å²) in [4.78, 5) is 36.7. The van der Waals surface area contributed by atoms with Gasteiger partial charge in [0.2, 0.25) is 5.91 Å². The monoisotopic (exact) mass is 479 g/mol. The topological polar surface area (TPSA) is 97.0 Å². The van der Waals surface area contributed by atoms with Gasteiger partial charge in [0.25, 0.3) is 5.91 Å². The van der Waals surface area contributed by atoms with Crippen molar-refractivity contribution < 1.29 is 41.4 Å². The van der Waals surface area contributed by atoms with Gasteiger partial charge in [-0.2, -0.15) is 0 Å². The molecular weight excluding hydrogens is 462 g/mol. The van der Waals surface area contributed by atoms with Gasteiger partial charge in [-0.1, -0.05) is 0 Å². The summed E-state index contributed by atoms with van der Waals surface area (Å²) in [6.45, 7) is 1.53. The number of nitrogens with one attached hydrogen (secondary N) is 2. The molecule has 1 fully saturated rings. The van der Waals surface area contributed by atoms with Crippen LogP contribution >= 0.6 is 0 Å². The average molecular weight is 479 g/mol. The van der Waals surface area contributed by atoms with Gasteiger partial charge in [-0.05, 0) is 42.5 Å². The summed E-state index contributed by atoms with van der Waals surface area (Å²) in [5, 5.41) is 5.03. The minimum Gasteiger partial charge on any atom is -0.442 e. The molecule has 4 rings (SSSR count). The Morgan fingerprint density at radius 3 is 2.71 bits per heavy atom. The summed E-state index contributed by atoms with van der Waals surface area (Å²) < 4.78 is 61.5. The van der Waals surface area contributed by atoms with Crippen molar-refractivity contribution >= 4 is 40.9 Å². The lowest BCUT2D eigenvalue weighted by molar-refractivity contribution is -0.274. The van der Waals surface area contributed by atoms with E-state index in [2.05, 4.69) is 15.4 Å². The summed E-state index contributed by atoms with van der Waals surface area (Å²) in [6, 6.07) is 7.19. The van der Waals surface area contributed by atoms with E-state index in [-0.39, 0.29) is 47.1 Å². The molecule has 2 aromatic carbocycles. The molecule has 0 bridgehead atoms. The van der Waals surface area contributed by atoms with Crippen molar-refractivity contribution in [1.82, 2.24) is 5.32 Å². The van der Waals surface area contributed by atoms with Crippen molar-refractivity contribution in [3.05, 3.63) is 53.3 Å². The van der Waals surface area contributed by atoms with E-state index in [9.17, 15) is 31.9 Å². The number of rotatable bonds is 5. The second-order valence-corrected chi connectivity index (χ2v) is 7.53. The van der Waals surface area contributed by atoms with Crippen molar-refractivity contribution in [3.63, 3.8) is 0 Å². The molecule has 2 heterocycles. The molecule has 2 aromatic rings. The first kappa shape index (κ1) is 23.1. The quantitative estimate of drug-likeness (QED) is 0.504. The smallest absolute Gasteiger partial charge is 0.442 e. The third-order valence-electron chi connectivity index (χ3n) is 5.06. The zero-order chi connectivity index (χ0) is 24.6. The first-order valence-corrected chi connectivity index (χ1v) is 9.95. The van der Waals surface area contributed by atoms with Gasteiger partial charge >= 0.3 is 12.5 Å². The number of nitrogens with zero attached hydrogens (tertiary/aromatic N) is 1. The number of carbonyl (C=O) groups is 3. The molecule has 8 nitrogen and oxygen atoms in total. The maximum atomic E-state index is 14.9. The van der Waals surface area contributed by atoms with Crippen LogP contribution in [0, 0.1) is 5.82 Å². The summed E-state index contributed by atoms with van der Waals surface area (Å²) in [7, 11) is 0. The van der Waals surface area contributed by atoms with Crippen molar-refractivity contribution in [2.45, 2.75) is 19.4 Å². The van der Waals surface area contributed by atoms with E-state index in [4.69, 9.17) is 4.74 Å². The Morgan fingerprint density at radius 1 is 1.26 bits per heavy atom. The van der Waals surface area contributed by atoms with Crippen LogP contribution in [0.15, 0.2) is 36.4 Å². The third-order valence-corrected chi connectivity index (χ3v) is 5.06. The highest BCUT2D eigenvalue weighted by atomic mass is 19.4. The molecule has 0 radical (unpaired) electrons. The summed E-state index contributed by atoms with van der Waals surface area (Å²) in [5.74, 6) is -2.20. The summed E-state index contributed by atoms with van der Waals surface area (Å²) >= 11 is 0. The first-order valence-electron chi connectivity index (χ1n) is 9.95. The van der Waals surface area contributed by atoms with E-state index >= 15 is 0 Å². The van der Waals surface area contributed by atoms with Gasteiger partial charge in [0, 0.05) is 29.3 Å². The standard InChI is InChI=1S/C22H17F4N3O5/c1-11(30)27-9-15-10-29(21(32)33-15)13-3-2-12(18(23)7-13)6-17-16-8-14(34-22(24,25)26)4-5-19(16)28-20(17)31/h2-8,15H,9-10H2,1H3,(H,27,30)(H,28,31)/b17-6+/t15-/m0/s1. The van der Waals surface area contributed by atoms with Crippen LogP contribution in [0.5, 0.6) is 5.75 Å². The number of fused-ring (bicyclic) bond motifs is 1. The molecule has 1 saturated heterocycles. The molecule has 2 aliphatic heterocycles. The zero-order valence-corrected chi connectivity index (χ0v) is 17.5. The SMILES string of the molecule is CC(=O)NC[C@H]1CN(c2ccc(/C=C3/C(=O)Nc4ccc(OC(F)(F)F)cc43)c(F)c2)C(=O)O1. The molecule has 0 saturated carbocycles. The highest BCUT2D eigenvalue weighted by Crippen LogP contribution is 2.37. The Bertz CT molecular complexity index is 1210. The predicted octanol–water partition coefficient (Wildman–Crippen LogP) is 3.68. The molecule has 3 amide bonds. The van der Waals surface area contributed by atoms with E-state index in [1.54, 1.807) is 0 Å². The van der Waals surface area contributed by atoms with Crippen molar-refractivity contribution in [2.24, 2.45) is 0 Å². The molecule has 34 heavy (non-hydrogen) atoms. The highest BCUT2D eigenvalue weighted by Gasteiger charge is 2.34. The Balaban J connectivity index is 1.57. The van der Waals surface area contributed by atoms with E-state index in [0.717, 1.165) is 18.2 Å². The number of cyclic esters (lactones) is 1. The summed E-state index contributed by atoms with van der Waals surface area (Å²) in [5.41, 5.74) is 0.510. The number of hydrogen-bond donors (Lipinski definition) is 2.